The van der Waals surface area contributed by atoms with Crippen molar-refractivity contribution in [1.82, 2.24) is 0 Å². The highest BCUT2D eigenvalue weighted by Crippen LogP contribution is 2.38. The van der Waals surface area contributed by atoms with E-state index in [2.05, 4.69) is 34.6 Å². The number of hydrogen-bond donors (Lipinski definition) is 1. The maximum absolute atomic E-state index is 12.4. The molecule has 5 nitrogen and oxygen atoms in total. The Balaban J connectivity index is 4.35. The Bertz CT molecular complexity index is 496. The van der Waals surface area contributed by atoms with Gasteiger partial charge in [-0.05, 0) is 55.8 Å². The summed E-state index contributed by atoms with van der Waals surface area (Å²) in [5, 5.41) is 8.95. The van der Waals surface area contributed by atoms with E-state index in [-0.39, 0.29) is 17.8 Å². The number of aliphatic hydroxyl groups is 1. The minimum atomic E-state index is -3.68. The van der Waals surface area contributed by atoms with Crippen LogP contribution in [0.1, 0.15) is 125 Å². The number of unbranched alkanes of at least 4 members (excludes halogenated alkanes) is 4. The van der Waals surface area contributed by atoms with Crippen LogP contribution in [0, 0.1) is 10.8 Å². The van der Waals surface area contributed by atoms with Gasteiger partial charge in [-0.1, -0.05) is 79.6 Å². The van der Waals surface area contributed by atoms with E-state index in [9.17, 15) is 8.42 Å². The zero-order valence-electron chi connectivity index (χ0n) is 20.5. The van der Waals surface area contributed by atoms with E-state index in [4.69, 9.17) is 14.3 Å². The second kappa shape index (κ2) is 16.5. The van der Waals surface area contributed by atoms with E-state index in [1.54, 1.807) is 0 Å². The Morgan fingerprint density at radius 1 is 0.700 bits per heavy atom. The van der Waals surface area contributed by atoms with Crippen LogP contribution in [0.15, 0.2) is 0 Å². The highest BCUT2D eigenvalue weighted by atomic mass is 32.2. The number of rotatable bonds is 21. The zero-order valence-corrected chi connectivity index (χ0v) is 21.3. The van der Waals surface area contributed by atoms with Crippen LogP contribution < -0.4 is 0 Å². The predicted octanol–water partition coefficient (Wildman–Crippen LogP) is 6.79. The van der Waals surface area contributed by atoms with Gasteiger partial charge in [0.05, 0.1) is 12.4 Å². The minimum absolute atomic E-state index is 0.0373. The Hall–Kier alpha value is -0.170. The fourth-order valence-corrected chi connectivity index (χ4v) is 6.04. The third-order valence-corrected chi connectivity index (χ3v) is 8.51. The smallest absolute Gasteiger partial charge is 0.294 e. The van der Waals surface area contributed by atoms with Crippen LogP contribution in [0.3, 0.4) is 0 Å². The Kier molecular flexibility index (Phi) is 16.4. The first kappa shape index (κ1) is 29.8. The number of hydrogen-bond acceptors (Lipinski definition) is 5. The highest BCUT2D eigenvalue weighted by molar-refractivity contribution is 7.86. The summed E-state index contributed by atoms with van der Waals surface area (Å²) in [6.07, 6.45) is 14.3. The molecule has 0 aromatic heterocycles. The summed E-state index contributed by atoms with van der Waals surface area (Å²) in [6, 6.07) is 0. The summed E-state index contributed by atoms with van der Waals surface area (Å²) >= 11 is 0. The first-order valence-corrected chi connectivity index (χ1v) is 14.0. The van der Waals surface area contributed by atoms with Gasteiger partial charge in [-0.2, -0.15) is 8.42 Å². The molecule has 182 valence electrons. The van der Waals surface area contributed by atoms with Gasteiger partial charge in [0, 0.05) is 6.61 Å². The molecule has 0 aromatic carbocycles. The summed E-state index contributed by atoms with van der Waals surface area (Å²) < 4.78 is 29.7. The molecule has 0 bridgehead atoms. The largest absolute Gasteiger partial charge is 0.396 e. The molecule has 0 rings (SSSR count). The van der Waals surface area contributed by atoms with E-state index in [0.29, 0.717) is 12.0 Å². The van der Waals surface area contributed by atoms with Gasteiger partial charge < -0.3 is 5.11 Å². The Morgan fingerprint density at radius 2 is 1.23 bits per heavy atom. The van der Waals surface area contributed by atoms with E-state index < -0.39 is 10.1 Å². The summed E-state index contributed by atoms with van der Waals surface area (Å²) in [5.74, 6) is 0.0373. The van der Waals surface area contributed by atoms with Gasteiger partial charge in [0.25, 0.3) is 10.1 Å². The van der Waals surface area contributed by atoms with Gasteiger partial charge in [0.15, 0.2) is 0 Å². The molecular weight excluding hydrogens is 400 g/mol. The average Bonchev–Trinajstić information content (AvgIpc) is 2.75. The van der Waals surface area contributed by atoms with Crippen LogP contribution in [0.4, 0.5) is 0 Å². The molecule has 0 amide bonds. The van der Waals surface area contributed by atoms with Gasteiger partial charge in [-0.15, -0.1) is 4.33 Å². The lowest BCUT2D eigenvalue weighted by Crippen LogP contribution is -2.30. The van der Waals surface area contributed by atoms with Crippen molar-refractivity contribution in [2.45, 2.75) is 125 Å². The van der Waals surface area contributed by atoms with Crippen LogP contribution in [0.2, 0.25) is 0 Å². The Morgan fingerprint density at radius 3 is 1.73 bits per heavy atom. The monoisotopic (exact) mass is 450 g/mol. The second-order valence-electron chi connectivity index (χ2n) is 9.10. The molecule has 0 heterocycles. The quantitative estimate of drug-likeness (QED) is 0.118. The van der Waals surface area contributed by atoms with Crippen molar-refractivity contribution < 1.29 is 22.7 Å². The maximum atomic E-state index is 12.4. The fourth-order valence-electron chi connectivity index (χ4n) is 4.47. The lowest BCUT2D eigenvalue weighted by atomic mass is 9.74. The van der Waals surface area contributed by atoms with E-state index in [0.717, 1.165) is 83.5 Å². The van der Waals surface area contributed by atoms with Crippen molar-refractivity contribution in [3.05, 3.63) is 0 Å². The van der Waals surface area contributed by atoms with Crippen molar-refractivity contribution in [1.29, 1.82) is 0 Å². The standard InChI is InChI=1S/C24H50O5S/c1-6-11-17-24(9-4,10-5)22-30(26,27)29-28-21-16-14-19-23(7-2,8-3)18-13-12-15-20-25/h25H,6-22H2,1-5H3. The molecule has 0 spiro atoms. The third kappa shape index (κ3) is 12.0. The molecule has 0 aliphatic heterocycles. The van der Waals surface area contributed by atoms with Crippen LogP contribution in [0.25, 0.3) is 0 Å². The third-order valence-electron chi connectivity index (χ3n) is 7.25. The molecular formula is C24H50O5S. The molecule has 1 N–H and O–H groups in total. The fraction of sp³-hybridized carbons (Fsp3) is 1.00. The maximum Gasteiger partial charge on any atom is 0.294 e. The summed E-state index contributed by atoms with van der Waals surface area (Å²) in [6.45, 7) is 11.4. The van der Waals surface area contributed by atoms with Crippen molar-refractivity contribution in [2.24, 2.45) is 10.8 Å². The molecule has 0 unspecified atom stereocenters. The van der Waals surface area contributed by atoms with Crippen molar-refractivity contribution in [3.8, 4) is 0 Å². The lowest BCUT2D eigenvalue weighted by molar-refractivity contribution is -0.202. The first-order chi connectivity index (χ1) is 14.3. The van der Waals surface area contributed by atoms with Crippen LogP contribution in [-0.2, 0) is 19.3 Å². The average molecular weight is 451 g/mol. The van der Waals surface area contributed by atoms with Gasteiger partial charge in [-0.25, -0.2) is 4.89 Å². The lowest BCUT2D eigenvalue weighted by Gasteiger charge is -2.32. The molecule has 0 saturated heterocycles. The molecule has 0 radical (unpaired) electrons. The Labute approximate surface area is 187 Å². The SMILES string of the molecule is CCCCC(CC)(CC)CS(=O)(=O)OOCCCCC(CC)(CC)CCCCCO. The van der Waals surface area contributed by atoms with E-state index in [1.165, 1.54) is 6.42 Å². The zero-order chi connectivity index (χ0) is 22.9. The van der Waals surface area contributed by atoms with Crippen LogP contribution in [0.5, 0.6) is 0 Å². The summed E-state index contributed by atoms with van der Waals surface area (Å²) in [4.78, 5) is 5.12. The predicted molar refractivity (Wildman–Crippen MR) is 126 cm³/mol. The van der Waals surface area contributed by atoms with Gasteiger partial charge in [-0.3, -0.25) is 0 Å². The normalized spacial score (nSPS) is 13.1. The van der Waals surface area contributed by atoms with Gasteiger partial charge in [0.2, 0.25) is 0 Å². The highest BCUT2D eigenvalue weighted by Gasteiger charge is 2.33. The molecule has 0 saturated carbocycles. The molecule has 0 aliphatic rings. The summed E-state index contributed by atoms with van der Waals surface area (Å²) in [5.41, 5.74) is 0.138. The van der Waals surface area contributed by atoms with E-state index >= 15 is 0 Å². The van der Waals surface area contributed by atoms with Crippen LogP contribution in [-0.4, -0.2) is 32.5 Å². The van der Waals surface area contributed by atoms with Crippen molar-refractivity contribution in [3.63, 3.8) is 0 Å². The molecule has 0 atom stereocenters. The molecule has 6 heteroatoms. The minimum Gasteiger partial charge on any atom is -0.396 e. The van der Waals surface area contributed by atoms with Crippen molar-refractivity contribution in [2.75, 3.05) is 19.0 Å². The van der Waals surface area contributed by atoms with E-state index in [1.807, 2.05) is 0 Å². The van der Waals surface area contributed by atoms with Gasteiger partial charge in [0.1, 0.15) is 0 Å². The number of aliphatic hydroxyl groups excluding tert-OH is 1. The molecule has 0 fully saturated rings. The van der Waals surface area contributed by atoms with Crippen LogP contribution >= 0.6 is 0 Å². The molecule has 30 heavy (non-hydrogen) atoms. The summed E-state index contributed by atoms with van der Waals surface area (Å²) in [7, 11) is -3.68. The first-order valence-electron chi connectivity index (χ1n) is 12.4. The molecule has 0 aromatic rings. The second-order valence-corrected chi connectivity index (χ2v) is 10.6. The molecule has 0 aliphatic carbocycles. The van der Waals surface area contributed by atoms with Gasteiger partial charge >= 0.3 is 0 Å². The van der Waals surface area contributed by atoms with Crippen molar-refractivity contribution >= 4 is 10.1 Å². The topological polar surface area (TPSA) is 72.8 Å².